The van der Waals surface area contributed by atoms with E-state index in [4.69, 9.17) is 4.74 Å². The topological polar surface area (TPSA) is 113 Å². The minimum absolute atomic E-state index is 0.0416. The van der Waals surface area contributed by atoms with E-state index >= 15 is 0 Å². The lowest BCUT2D eigenvalue weighted by molar-refractivity contribution is 0.0497. The summed E-state index contributed by atoms with van der Waals surface area (Å²) < 4.78 is 5.42. The van der Waals surface area contributed by atoms with Crippen molar-refractivity contribution < 1.29 is 19.1 Å². The molecule has 1 aliphatic heterocycles. The predicted molar refractivity (Wildman–Crippen MR) is 155 cm³/mol. The number of rotatable bonds is 5. The second kappa shape index (κ2) is 12.2. The Kier molecular flexibility index (Phi) is 8.72. The van der Waals surface area contributed by atoms with Crippen LogP contribution in [-0.2, 0) is 4.74 Å². The van der Waals surface area contributed by atoms with Crippen molar-refractivity contribution in [3.63, 3.8) is 0 Å². The fourth-order valence-corrected chi connectivity index (χ4v) is 4.87. The van der Waals surface area contributed by atoms with Gasteiger partial charge in [0.1, 0.15) is 5.60 Å². The lowest BCUT2D eigenvalue weighted by Crippen LogP contribution is -2.47. The van der Waals surface area contributed by atoms with E-state index in [1.165, 1.54) is 6.20 Å². The fourth-order valence-electron chi connectivity index (χ4n) is 4.87. The Hall–Kier alpha value is -4.40. The normalized spacial score (nSPS) is 13.9. The van der Waals surface area contributed by atoms with Gasteiger partial charge >= 0.3 is 6.09 Å². The van der Waals surface area contributed by atoms with Gasteiger partial charge in [-0.25, -0.2) is 4.79 Å². The maximum absolute atomic E-state index is 13.4. The summed E-state index contributed by atoms with van der Waals surface area (Å²) >= 11 is 0. The second-order valence-corrected chi connectivity index (χ2v) is 11.1. The molecule has 0 aliphatic carbocycles. The third-order valence-corrected chi connectivity index (χ3v) is 6.55. The standard InChI is InChI=1S/C31H37N5O4/c1-20-15-21(2)17-23(16-20)25-18-32-19-26(29(38)35-34-28(37)22-9-7-6-8-10-22)27(25)36-13-11-24(12-14-36)33-30(39)40-31(3,4)5/h6-10,15-19,24H,11-14H2,1-5H3,(H,33,39)(H,34,37)(H,35,38). The van der Waals surface area contributed by atoms with Crippen molar-refractivity contribution in [3.05, 3.63) is 83.2 Å². The number of carbonyl (C=O) groups is 3. The van der Waals surface area contributed by atoms with Gasteiger partial charge in [-0.05, 0) is 65.2 Å². The first-order valence-corrected chi connectivity index (χ1v) is 13.5. The molecular formula is C31H37N5O4. The Morgan fingerprint density at radius 2 is 1.52 bits per heavy atom. The second-order valence-electron chi connectivity index (χ2n) is 11.1. The number of ether oxygens (including phenoxy) is 1. The van der Waals surface area contributed by atoms with E-state index in [9.17, 15) is 14.4 Å². The van der Waals surface area contributed by atoms with Crippen LogP contribution in [0.25, 0.3) is 11.1 Å². The molecule has 2 aromatic carbocycles. The zero-order valence-corrected chi connectivity index (χ0v) is 23.7. The molecule has 9 heteroatoms. The Morgan fingerprint density at radius 3 is 2.15 bits per heavy atom. The van der Waals surface area contributed by atoms with Gasteiger partial charge in [-0.2, -0.15) is 0 Å². The van der Waals surface area contributed by atoms with Crippen molar-refractivity contribution >= 4 is 23.6 Å². The number of hydrogen-bond donors (Lipinski definition) is 3. The number of aromatic nitrogens is 1. The molecule has 3 aromatic rings. The molecule has 1 saturated heterocycles. The van der Waals surface area contributed by atoms with Crippen LogP contribution in [-0.4, -0.2) is 47.6 Å². The zero-order valence-electron chi connectivity index (χ0n) is 23.7. The van der Waals surface area contributed by atoms with E-state index in [0.717, 1.165) is 27.9 Å². The van der Waals surface area contributed by atoms with Gasteiger partial charge < -0.3 is 15.0 Å². The predicted octanol–water partition coefficient (Wildman–Crippen LogP) is 4.93. The lowest BCUT2D eigenvalue weighted by Gasteiger charge is -2.36. The SMILES string of the molecule is Cc1cc(C)cc(-c2cncc(C(=O)NNC(=O)c3ccccc3)c2N2CCC(NC(=O)OC(C)(C)C)CC2)c1. The summed E-state index contributed by atoms with van der Waals surface area (Å²) in [7, 11) is 0. The zero-order chi connectivity index (χ0) is 28.9. The first-order chi connectivity index (χ1) is 19.0. The maximum atomic E-state index is 13.4. The molecule has 210 valence electrons. The number of amides is 3. The minimum atomic E-state index is -0.569. The molecule has 1 aliphatic rings. The van der Waals surface area contributed by atoms with Crippen LogP contribution in [0, 0.1) is 13.8 Å². The average Bonchev–Trinajstić information content (AvgIpc) is 2.90. The summed E-state index contributed by atoms with van der Waals surface area (Å²) in [4.78, 5) is 44.8. The summed E-state index contributed by atoms with van der Waals surface area (Å²) in [6.07, 6.45) is 4.23. The number of nitrogens with zero attached hydrogens (tertiary/aromatic N) is 2. The number of hydrazine groups is 1. The number of benzene rings is 2. The van der Waals surface area contributed by atoms with Crippen molar-refractivity contribution in [1.82, 2.24) is 21.2 Å². The van der Waals surface area contributed by atoms with Gasteiger partial charge in [0.15, 0.2) is 0 Å². The van der Waals surface area contributed by atoms with Crippen molar-refractivity contribution in [1.29, 1.82) is 0 Å². The number of anilines is 1. The molecule has 0 atom stereocenters. The molecule has 3 N–H and O–H groups in total. The molecule has 0 spiro atoms. The third-order valence-electron chi connectivity index (χ3n) is 6.55. The van der Waals surface area contributed by atoms with Gasteiger partial charge in [0.25, 0.3) is 11.8 Å². The van der Waals surface area contributed by atoms with E-state index in [1.54, 1.807) is 30.5 Å². The summed E-state index contributed by atoms with van der Waals surface area (Å²) in [5.41, 5.74) is 10.0. The molecule has 0 radical (unpaired) electrons. The van der Waals surface area contributed by atoms with Crippen LogP contribution in [0.3, 0.4) is 0 Å². The number of carbonyl (C=O) groups excluding carboxylic acids is 3. The number of nitrogens with one attached hydrogen (secondary N) is 3. The molecule has 0 unspecified atom stereocenters. The molecule has 4 rings (SSSR count). The minimum Gasteiger partial charge on any atom is -0.444 e. The molecule has 3 amide bonds. The Bertz CT molecular complexity index is 1360. The highest BCUT2D eigenvalue weighted by Gasteiger charge is 2.28. The van der Waals surface area contributed by atoms with Crippen LogP contribution >= 0.6 is 0 Å². The van der Waals surface area contributed by atoms with Crippen molar-refractivity contribution in [3.8, 4) is 11.1 Å². The number of hydrogen-bond acceptors (Lipinski definition) is 6. The summed E-state index contributed by atoms with van der Waals surface area (Å²) in [5.74, 6) is -0.880. The smallest absolute Gasteiger partial charge is 0.407 e. The van der Waals surface area contributed by atoms with Crippen LogP contribution in [0.4, 0.5) is 10.5 Å². The summed E-state index contributed by atoms with van der Waals surface area (Å²) in [6, 6.07) is 14.9. The Labute approximate surface area is 235 Å². The molecule has 0 bridgehead atoms. The largest absolute Gasteiger partial charge is 0.444 e. The van der Waals surface area contributed by atoms with Crippen molar-refractivity contribution in [2.24, 2.45) is 0 Å². The highest BCUT2D eigenvalue weighted by Crippen LogP contribution is 2.36. The number of alkyl carbamates (subject to hydrolysis) is 1. The van der Waals surface area contributed by atoms with Gasteiger partial charge in [-0.3, -0.25) is 25.4 Å². The van der Waals surface area contributed by atoms with Gasteiger partial charge in [-0.15, -0.1) is 0 Å². The van der Waals surface area contributed by atoms with Crippen LogP contribution in [0.5, 0.6) is 0 Å². The highest BCUT2D eigenvalue weighted by atomic mass is 16.6. The van der Waals surface area contributed by atoms with Gasteiger partial charge in [0.2, 0.25) is 0 Å². The quantitative estimate of drug-likeness (QED) is 0.393. The summed E-state index contributed by atoms with van der Waals surface area (Å²) in [6.45, 7) is 10.8. The van der Waals surface area contributed by atoms with E-state index in [-0.39, 0.29) is 6.04 Å². The number of aryl methyl sites for hydroxylation is 2. The average molecular weight is 544 g/mol. The highest BCUT2D eigenvalue weighted by molar-refractivity contribution is 6.04. The van der Waals surface area contributed by atoms with E-state index in [2.05, 4.69) is 44.3 Å². The first-order valence-electron chi connectivity index (χ1n) is 13.5. The molecule has 40 heavy (non-hydrogen) atoms. The molecule has 2 heterocycles. The maximum Gasteiger partial charge on any atom is 0.407 e. The Balaban J connectivity index is 1.59. The summed E-state index contributed by atoms with van der Waals surface area (Å²) in [5, 5.41) is 2.97. The monoisotopic (exact) mass is 543 g/mol. The molecule has 1 aromatic heterocycles. The van der Waals surface area contributed by atoms with E-state index < -0.39 is 23.5 Å². The van der Waals surface area contributed by atoms with Crippen LogP contribution in [0.15, 0.2) is 60.9 Å². The van der Waals surface area contributed by atoms with Crippen LogP contribution in [0.1, 0.15) is 65.5 Å². The fraction of sp³-hybridized carbons (Fsp3) is 0.355. The van der Waals surface area contributed by atoms with Gasteiger partial charge in [0.05, 0.1) is 11.3 Å². The van der Waals surface area contributed by atoms with Gasteiger partial charge in [0, 0.05) is 42.7 Å². The number of piperidine rings is 1. The van der Waals surface area contributed by atoms with Crippen molar-refractivity contribution in [2.75, 3.05) is 18.0 Å². The van der Waals surface area contributed by atoms with Gasteiger partial charge in [-0.1, -0.05) is 47.5 Å². The van der Waals surface area contributed by atoms with Crippen LogP contribution < -0.4 is 21.1 Å². The Morgan fingerprint density at radius 1 is 0.900 bits per heavy atom. The van der Waals surface area contributed by atoms with Crippen LogP contribution in [0.2, 0.25) is 0 Å². The first kappa shape index (κ1) is 28.6. The number of pyridine rings is 1. The van der Waals surface area contributed by atoms with Crippen molar-refractivity contribution in [2.45, 2.75) is 59.1 Å². The van der Waals surface area contributed by atoms with E-state index in [1.807, 2.05) is 40.7 Å². The molecule has 9 nitrogen and oxygen atoms in total. The molecule has 0 saturated carbocycles. The molecular weight excluding hydrogens is 506 g/mol. The lowest BCUT2D eigenvalue weighted by atomic mass is 9.96. The van der Waals surface area contributed by atoms with E-state index in [0.29, 0.717) is 37.1 Å². The molecule has 1 fully saturated rings. The third kappa shape index (κ3) is 7.37.